The van der Waals surface area contributed by atoms with Crippen molar-refractivity contribution in [2.75, 3.05) is 20.2 Å². The Balaban J connectivity index is 1.49. The summed E-state index contributed by atoms with van der Waals surface area (Å²) in [6.45, 7) is 5.68. The Labute approximate surface area is 150 Å². The molecule has 25 heavy (non-hydrogen) atoms. The molecule has 2 heteroatoms. The van der Waals surface area contributed by atoms with E-state index in [4.69, 9.17) is 4.74 Å². The number of hydrogen-bond donors (Lipinski definition) is 0. The second kappa shape index (κ2) is 6.89. The predicted octanol–water partition coefficient (Wildman–Crippen LogP) is 5.01. The summed E-state index contributed by atoms with van der Waals surface area (Å²) in [5, 5.41) is 2.52. The van der Waals surface area contributed by atoms with Gasteiger partial charge in [0.15, 0.2) is 0 Å². The van der Waals surface area contributed by atoms with Gasteiger partial charge in [-0.25, -0.2) is 0 Å². The van der Waals surface area contributed by atoms with Gasteiger partial charge in [0.2, 0.25) is 0 Å². The Morgan fingerprint density at radius 1 is 0.960 bits per heavy atom. The highest BCUT2D eigenvalue weighted by molar-refractivity contribution is 5.84. The summed E-state index contributed by atoms with van der Waals surface area (Å²) in [5.74, 6) is 1.44. The molecular formula is C23H25NO. The molecule has 0 spiro atoms. The molecule has 1 unspecified atom stereocenters. The number of rotatable bonds is 4. The number of hydrogen-bond acceptors (Lipinski definition) is 2. The van der Waals surface area contributed by atoms with Crippen molar-refractivity contribution in [3.63, 3.8) is 0 Å². The molecule has 3 aromatic rings. The summed E-state index contributed by atoms with van der Waals surface area (Å²) < 4.78 is 5.32. The van der Waals surface area contributed by atoms with Crippen LogP contribution in [0.25, 0.3) is 10.8 Å². The van der Waals surface area contributed by atoms with Gasteiger partial charge in [-0.3, -0.25) is 4.90 Å². The molecule has 128 valence electrons. The number of benzene rings is 3. The van der Waals surface area contributed by atoms with Gasteiger partial charge in [-0.1, -0.05) is 55.5 Å². The normalized spacial score (nSPS) is 15.8. The van der Waals surface area contributed by atoms with E-state index in [0.29, 0.717) is 5.92 Å². The van der Waals surface area contributed by atoms with E-state index in [9.17, 15) is 0 Å². The summed E-state index contributed by atoms with van der Waals surface area (Å²) in [5.41, 5.74) is 4.43. The SMILES string of the molecule is COc1ccc2cc(C(C)CN3CCc4ccccc4C3)ccc2c1. The highest BCUT2D eigenvalue weighted by atomic mass is 16.5. The minimum atomic E-state index is 0.525. The quantitative estimate of drug-likeness (QED) is 0.666. The van der Waals surface area contributed by atoms with E-state index in [1.165, 1.54) is 33.9 Å². The van der Waals surface area contributed by atoms with Gasteiger partial charge in [-0.15, -0.1) is 0 Å². The topological polar surface area (TPSA) is 12.5 Å². The highest BCUT2D eigenvalue weighted by Crippen LogP contribution is 2.27. The fraction of sp³-hybridized carbons (Fsp3) is 0.304. The van der Waals surface area contributed by atoms with Crippen molar-refractivity contribution in [1.29, 1.82) is 0 Å². The first-order valence-corrected chi connectivity index (χ1v) is 9.10. The monoisotopic (exact) mass is 331 g/mol. The van der Waals surface area contributed by atoms with Crippen LogP contribution in [-0.2, 0) is 13.0 Å². The zero-order chi connectivity index (χ0) is 17.2. The third-order valence-electron chi connectivity index (χ3n) is 5.38. The molecule has 0 saturated carbocycles. The Hall–Kier alpha value is -2.32. The van der Waals surface area contributed by atoms with E-state index in [-0.39, 0.29) is 0 Å². The van der Waals surface area contributed by atoms with Crippen molar-refractivity contribution in [1.82, 2.24) is 4.90 Å². The van der Waals surface area contributed by atoms with Crippen LogP contribution in [-0.4, -0.2) is 25.1 Å². The van der Waals surface area contributed by atoms with E-state index in [0.717, 1.165) is 25.4 Å². The molecule has 1 aliphatic heterocycles. The van der Waals surface area contributed by atoms with Crippen LogP contribution >= 0.6 is 0 Å². The number of fused-ring (bicyclic) bond motifs is 2. The molecule has 0 radical (unpaired) electrons. The Kier molecular flexibility index (Phi) is 4.46. The number of ether oxygens (including phenoxy) is 1. The molecule has 1 aliphatic rings. The molecule has 3 aromatic carbocycles. The third-order valence-corrected chi connectivity index (χ3v) is 5.38. The Morgan fingerprint density at radius 2 is 1.72 bits per heavy atom. The van der Waals surface area contributed by atoms with Gasteiger partial charge in [0.05, 0.1) is 7.11 Å². The molecule has 0 saturated heterocycles. The first-order valence-electron chi connectivity index (χ1n) is 9.10. The zero-order valence-corrected chi connectivity index (χ0v) is 15.0. The molecule has 0 fully saturated rings. The summed E-state index contributed by atoms with van der Waals surface area (Å²) in [7, 11) is 1.72. The maximum Gasteiger partial charge on any atom is 0.119 e. The van der Waals surface area contributed by atoms with Gasteiger partial charge < -0.3 is 4.74 Å². The van der Waals surface area contributed by atoms with E-state index < -0.39 is 0 Å². The van der Waals surface area contributed by atoms with Gasteiger partial charge in [0.1, 0.15) is 5.75 Å². The fourth-order valence-electron chi connectivity index (χ4n) is 3.88. The van der Waals surface area contributed by atoms with Crippen LogP contribution in [0.4, 0.5) is 0 Å². The van der Waals surface area contributed by atoms with Crippen LogP contribution in [0.3, 0.4) is 0 Å². The van der Waals surface area contributed by atoms with Crippen molar-refractivity contribution < 1.29 is 4.74 Å². The molecule has 4 rings (SSSR count). The van der Waals surface area contributed by atoms with Gasteiger partial charge in [-0.05, 0) is 51.9 Å². The lowest BCUT2D eigenvalue weighted by Crippen LogP contribution is -2.33. The summed E-state index contributed by atoms with van der Waals surface area (Å²) in [6.07, 6.45) is 1.17. The fourth-order valence-corrected chi connectivity index (χ4v) is 3.88. The minimum absolute atomic E-state index is 0.525. The van der Waals surface area contributed by atoms with Crippen LogP contribution in [0, 0.1) is 0 Å². The molecule has 1 heterocycles. The van der Waals surface area contributed by atoms with Gasteiger partial charge in [0, 0.05) is 19.6 Å². The minimum Gasteiger partial charge on any atom is -0.497 e. The van der Waals surface area contributed by atoms with Crippen molar-refractivity contribution >= 4 is 10.8 Å². The first-order chi connectivity index (χ1) is 12.2. The average molecular weight is 331 g/mol. The first kappa shape index (κ1) is 16.2. The van der Waals surface area contributed by atoms with Gasteiger partial charge in [0.25, 0.3) is 0 Å². The van der Waals surface area contributed by atoms with Gasteiger partial charge >= 0.3 is 0 Å². The maximum absolute atomic E-state index is 5.32. The molecule has 2 nitrogen and oxygen atoms in total. The highest BCUT2D eigenvalue weighted by Gasteiger charge is 2.18. The molecule has 0 amide bonds. The van der Waals surface area contributed by atoms with Crippen molar-refractivity contribution in [3.8, 4) is 5.75 Å². The standard InChI is InChI=1S/C23H25NO/c1-17(15-24-12-11-18-5-3-4-6-22(18)16-24)19-7-8-21-14-23(25-2)10-9-20(21)13-19/h3-10,13-14,17H,11-12,15-16H2,1-2H3. The predicted molar refractivity (Wildman–Crippen MR) is 104 cm³/mol. The van der Waals surface area contributed by atoms with Crippen LogP contribution in [0.2, 0.25) is 0 Å². The van der Waals surface area contributed by atoms with Crippen molar-refractivity contribution in [2.24, 2.45) is 0 Å². The second-order valence-corrected chi connectivity index (χ2v) is 7.13. The Morgan fingerprint density at radius 3 is 2.56 bits per heavy atom. The molecule has 0 bridgehead atoms. The van der Waals surface area contributed by atoms with Gasteiger partial charge in [-0.2, -0.15) is 0 Å². The van der Waals surface area contributed by atoms with Crippen molar-refractivity contribution in [3.05, 3.63) is 77.4 Å². The van der Waals surface area contributed by atoms with Crippen LogP contribution in [0.5, 0.6) is 5.75 Å². The summed E-state index contributed by atoms with van der Waals surface area (Å²) >= 11 is 0. The van der Waals surface area contributed by atoms with E-state index in [2.05, 4.69) is 66.4 Å². The lowest BCUT2D eigenvalue weighted by Gasteiger charge is -2.31. The lowest BCUT2D eigenvalue weighted by molar-refractivity contribution is 0.242. The molecule has 0 N–H and O–H groups in total. The molecule has 0 aromatic heterocycles. The molecule has 1 atom stereocenters. The third kappa shape index (κ3) is 3.40. The van der Waals surface area contributed by atoms with E-state index in [1.807, 2.05) is 6.07 Å². The number of nitrogens with zero attached hydrogens (tertiary/aromatic N) is 1. The second-order valence-electron chi connectivity index (χ2n) is 7.13. The van der Waals surface area contributed by atoms with Crippen LogP contribution in [0.15, 0.2) is 60.7 Å². The molecule has 0 aliphatic carbocycles. The van der Waals surface area contributed by atoms with E-state index in [1.54, 1.807) is 7.11 Å². The van der Waals surface area contributed by atoms with E-state index >= 15 is 0 Å². The van der Waals surface area contributed by atoms with Crippen LogP contribution in [0.1, 0.15) is 29.5 Å². The van der Waals surface area contributed by atoms with Crippen LogP contribution < -0.4 is 4.74 Å². The zero-order valence-electron chi connectivity index (χ0n) is 15.0. The van der Waals surface area contributed by atoms with Crippen molar-refractivity contribution in [2.45, 2.75) is 25.8 Å². The smallest absolute Gasteiger partial charge is 0.119 e. The maximum atomic E-state index is 5.32. The number of methoxy groups -OCH3 is 1. The summed E-state index contributed by atoms with van der Waals surface area (Å²) in [6, 6.07) is 22.0. The Bertz CT molecular complexity index is 886. The average Bonchev–Trinajstić information content (AvgIpc) is 2.67. The molecular weight excluding hydrogens is 306 g/mol. The summed E-state index contributed by atoms with van der Waals surface area (Å²) in [4.78, 5) is 2.59. The lowest BCUT2D eigenvalue weighted by atomic mass is 9.95. The largest absolute Gasteiger partial charge is 0.497 e.